The summed E-state index contributed by atoms with van der Waals surface area (Å²) >= 11 is 1.40. The molecule has 0 spiro atoms. The summed E-state index contributed by atoms with van der Waals surface area (Å²) in [5.74, 6) is 1.90. The first-order valence-corrected chi connectivity index (χ1v) is 7.77. The van der Waals surface area contributed by atoms with Crippen LogP contribution in [-0.4, -0.2) is 23.7 Å². The largest absolute Gasteiger partial charge is 0.486 e. The molecular formula is C15H16N2O4S. The number of hydrogen-bond donors (Lipinski definition) is 1. The smallest absolute Gasteiger partial charge is 0.270 e. The van der Waals surface area contributed by atoms with E-state index < -0.39 is 0 Å². The highest BCUT2D eigenvalue weighted by molar-refractivity contribution is 7.09. The van der Waals surface area contributed by atoms with Crippen molar-refractivity contribution in [2.75, 3.05) is 6.79 Å². The summed E-state index contributed by atoms with van der Waals surface area (Å²) in [6.45, 7) is 4.36. The number of fused-ring (bicyclic) bond motifs is 1. The number of aromatic nitrogens is 1. The first kappa shape index (κ1) is 14.6. The van der Waals surface area contributed by atoms with Crippen molar-refractivity contribution in [2.24, 2.45) is 0 Å². The van der Waals surface area contributed by atoms with E-state index in [1.54, 1.807) is 17.5 Å². The highest BCUT2D eigenvalue weighted by Crippen LogP contribution is 2.35. The van der Waals surface area contributed by atoms with Crippen LogP contribution in [0.1, 0.15) is 29.3 Å². The van der Waals surface area contributed by atoms with E-state index in [1.807, 2.05) is 19.9 Å². The van der Waals surface area contributed by atoms with Crippen LogP contribution in [0.15, 0.2) is 23.6 Å². The van der Waals surface area contributed by atoms with Crippen molar-refractivity contribution in [1.82, 2.24) is 10.3 Å². The zero-order chi connectivity index (χ0) is 15.5. The number of amides is 1. The van der Waals surface area contributed by atoms with E-state index in [0.717, 1.165) is 5.01 Å². The Bertz CT molecular complexity index is 684. The number of hydrogen-bond acceptors (Lipinski definition) is 6. The molecule has 0 saturated carbocycles. The van der Waals surface area contributed by atoms with Crippen LogP contribution in [0.5, 0.6) is 17.2 Å². The summed E-state index contributed by atoms with van der Waals surface area (Å²) in [5.41, 5.74) is 0.419. The van der Waals surface area contributed by atoms with Gasteiger partial charge < -0.3 is 19.5 Å². The van der Waals surface area contributed by atoms with Crippen LogP contribution in [0.25, 0.3) is 0 Å². The normalized spacial score (nSPS) is 12.5. The lowest BCUT2D eigenvalue weighted by Gasteiger charge is -2.06. The lowest BCUT2D eigenvalue weighted by molar-refractivity contribution is 0.0938. The fraction of sp³-hybridized carbons (Fsp3) is 0.333. The van der Waals surface area contributed by atoms with Crippen LogP contribution >= 0.6 is 11.3 Å². The molecule has 2 heterocycles. The van der Waals surface area contributed by atoms with Gasteiger partial charge in [0, 0.05) is 17.5 Å². The molecule has 0 unspecified atom stereocenters. The minimum Gasteiger partial charge on any atom is -0.486 e. The topological polar surface area (TPSA) is 69.7 Å². The summed E-state index contributed by atoms with van der Waals surface area (Å²) in [6.07, 6.45) is 0. The molecule has 1 amide bonds. The SMILES string of the molecule is CC(C)NC(=O)c1csc(COc2ccc3c(c2)OCO3)n1. The van der Waals surface area contributed by atoms with Crippen molar-refractivity contribution in [2.45, 2.75) is 26.5 Å². The Hall–Kier alpha value is -2.28. The first-order chi connectivity index (χ1) is 10.6. The molecule has 2 aromatic rings. The van der Waals surface area contributed by atoms with Gasteiger partial charge in [-0.25, -0.2) is 4.98 Å². The number of carbonyl (C=O) groups is 1. The number of nitrogens with one attached hydrogen (secondary N) is 1. The van der Waals surface area contributed by atoms with Crippen molar-refractivity contribution in [3.63, 3.8) is 0 Å². The van der Waals surface area contributed by atoms with Gasteiger partial charge in [-0.15, -0.1) is 11.3 Å². The molecule has 6 nitrogen and oxygen atoms in total. The number of rotatable bonds is 5. The van der Waals surface area contributed by atoms with Crippen molar-refractivity contribution in [3.05, 3.63) is 34.3 Å². The second kappa shape index (κ2) is 6.23. The van der Waals surface area contributed by atoms with E-state index in [0.29, 0.717) is 29.5 Å². The number of thiazole rings is 1. The highest BCUT2D eigenvalue weighted by Gasteiger charge is 2.15. The van der Waals surface area contributed by atoms with E-state index in [2.05, 4.69) is 10.3 Å². The van der Waals surface area contributed by atoms with Gasteiger partial charge in [0.25, 0.3) is 5.91 Å². The van der Waals surface area contributed by atoms with E-state index in [1.165, 1.54) is 11.3 Å². The third-order valence-corrected chi connectivity index (χ3v) is 3.73. The minimum atomic E-state index is -0.166. The second-order valence-electron chi connectivity index (χ2n) is 5.06. The molecule has 1 N–H and O–H groups in total. The van der Waals surface area contributed by atoms with Crippen molar-refractivity contribution >= 4 is 17.2 Å². The van der Waals surface area contributed by atoms with Crippen LogP contribution in [0, 0.1) is 0 Å². The monoisotopic (exact) mass is 320 g/mol. The van der Waals surface area contributed by atoms with Crippen LogP contribution in [-0.2, 0) is 6.61 Å². The number of ether oxygens (including phenoxy) is 3. The average molecular weight is 320 g/mol. The van der Waals surface area contributed by atoms with Crippen LogP contribution < -0.4 is 19.5 Å². The maximum absolute atomic E-state index is 11.8. The lowest BCUT2D eigenvalue weighted by Crippen LogP contribution is -2.30. The fourth-order valence-electron chi connectivity index (χ4n) is 1.93. The Labute approximate surface area is 132 Å². The molecule has 7 heteroatoms. The van der Waals surface area contributed by atoms with Gasteiger partial charge in [0.05, 0.1) is 0 Å². The Morgan fingerprint density at radius 1 is 1.41 bits per heavy atom. The summed E-state index contributed by atoms with van der Waals surface area (Å²) < 4.78 is 16.2. The molecule has 1 aliphatic heterocycles. The van der Waals surface area contributed by atoms with Gasteiger partial charge in [-0.2, -0.15) is 0 Å². The zero-order valence-corrected chi connectivity index (χ0v) is 13.1. The molecular weight excluding hydrogens is 304 g/mol. The lowest BCUT2D eigenvalue weighted by atomic mass is 10.3. The molecule has 0 saturated heterocycles. The van der Waals surface area contributed by atoms with Gasteiger partial charge in [0.15, 0.2) is 11.5 Å². The molecule has 22 heavy (non-hydrogen) atoms. The van der Waals surface area contributed by atoms with Crippen molar-refractivity contribution < 1.29 is 19.0 Å². The fourth-order valence-corrected chi connectivity index (χ4v) is 2.61. The standard InChI is InChI=1S/C15H16N2O4S/c1-9(2)16-15(18)11-7-22-14(17-11)6-19-10-3-4-12-13(5-10)21-8-20-12/h3-5,7,9H,6,8H2,1-2H3,(H,16,18). The molecule has 0 aliphatic carbocycles. The van der Waals surface area contributed by atoms with Crippen molar-refractivity contribution in [3.8, 4) is 17.2 Å². The van der Waals surface area contributed by atoms with Gasteiger partial charge in [-0.05, 0) is 26.0 Å². The summed E-state index contributed by atoms with van der Waals surface area (Å²) in [7, 11) is 0. The minimum absolute atomic E-state index is 0.0857. The maximum Gasteiger partial charge on any atom is 0.270 e. The number of benzene rings is 1. The Balaban J connectivity index is 1.60. The average Bonchev–Trinajstić information content (AvgIpc) is 3.13. The van der Waals surface area contributed by atoms with Crippen LogP contribution in [0.2, 0.25) is 0 Å². The van der Waals surface area contributed by atoms with Gasteiger partial charge in [0.1, 0.15) is 23.1 Å². The van der Waals surface area contributed by atoms with E-state index in [-0.39, 0.29) is 18.7 Å². The van der Waals surface area contributed by atoms with Gasteiger partial charge in [-0.3, -0.25) is 4.79 Å². The Kier molecular flexibility index (Phi) is 4.15. The van der Waals surface area contributed by atoms with Crippen LogP contribution in [0.3, 0.4) is 0 Å². The van der Waals surface area contributed by atoms with Crippen molar-refractivity contribution in [1.29, 1.82) is 0 Å². The molecule has 0 atom stereocenters. The van der Waals surface area contributed by atoms with Gasteiger partial charge in [-0.1, -0.05) is 0 Å². The zero-order valence-electron chi connectivity index (χ0n) is 12.3. The molecule has 116 valence electrons. The highest BCUT2D eigenvalue weighted by atomic mass is 32.1. The molecule has 1 aromatic heterocycles. The summed E-state index contributed by atoms with van der Waals surface area (Å²) in [6, 6.07) is 5.49. The number of carbonyl (C=O) groups excluding carboxylic acids is 1. The van der Waals surface area contributed by atoms with E-state index >= 15 is 0 Å². The van der Waals surface area contributed by atoms with Gasteiger partial charge >= 0.3 is 0 Å². The Morgan fingerprint density at radius 2 is 2.23 bits per heavy atom. The third-order valence-electron chi connectivity index (χ3n) is 2.91. The molecule has 0 bridgehead atoms. The van der Waals surface area contributed by atoms with Crippen LogP contribution in [0.4, 0.5) is 0 Å². The predicted molar refractivity (Wildman–Crippen MR) is 81.6 cm³/mol. The van der Waals surface area contributed by atoms with E-state index in [4.69, 9.17) is 14.2 Å². The first-order valence-electron chi connectivity index (χ1n) is 6.89. The molecule has 3 rings (SSSR count). The number of nitrogens with zero attached hydrogens (tertiary/aromatic N) is 1. The molecule has 1 aliphatic rings. The molecule has 0 fully saturated rings. The maximum atomic E-state index is 11.8. The predicted octanol–water partition coefficient (Wildman–Crippen LogP) is 2.59. The van der Waals surface area contributed by atoms with Gasteiger partial charge in [0.2, 0.25) is 6.79 Å². The summed E-state index contributed by atoms with van der Waals surface area (Å²) in [4.78, 5) is 16.1. The summed E-state index contributed by atoms with van der Waals surface area (Å²) in [5, 5.41) is 5.28. The Morgan fingerprint density at radius 3 is 3.05 bits per heavy atom. The quantitative estimate of drug-likeness (QED) is 0.917. The second-order valence-corrected chi connectivity index (χ2v) is 6.00. The third kappa shape index (κ3) is 3.30. The molecule has 0 radical (unpaired) electrons. The molecule has 1 aromatic carbocycles. The van der Waals surface area contributed by atoms with E-state index in [9.17, 15) is 4.79 Å².